The van der Waals surface area contributed by atoms with E-state index in [9.17, 15) is 0 Å². The third-order valence-corrected chi connectivity index (χ3v) is 5.42. The van der Waals surface area contributed by atoms with E-state index >= 15 is 0 Å². The maximum atomic E-state index is 3.72. The molecule has 0 bridgehead atoms. The summed E-state index contributed by atoms with van der Waals surface area (Å²) >= 11 is 0. The van der Waals surface area contributed by atoms with E-state index in [2.05, 4.69) is 34.5 Å². The van der Waals surface area contributed by atoms with Crippen LogP contribution in [-0.4, -0.2) is 30.1 Å². The van der Waals surface area contributed by atoms with Gasteiger partial charge in [0.25, 0.3) is 0 Å². The van der Waals surface area contributed by atoms with Crippen molar-refractivity contribution < 1.29 is 0 Å². The van der Waals surface area contributed by atoms with E-state index in [-0.39, 0.29) is 0 Å². The molecular weight excluding hydrogens is 232 g/mol. The number of nitrogens with zero attached hydrogens (tertiary/aromatic N) is 1. The lowest BCUT2D eigenvalue weighted by Crippen LogP contribution is -2.41. The summed E-state index contributed by atoms with van der Waals surface area (Å²) in [4.78, 5) is 2.79. The number of likely N-dealkylation sites (tertiary alicyclic amines) is 1. The van der Waals surface area contributed by atoms with Crippen molar-refractivity contribution in [1.82, 2.24) is 4.90 Å². The fourth-order valence-corrected chi connectivity index (χ4v) is 4.50. The second-order valence-corrected chi connectivity index (χ2v) is 6.60. The minimum Gasteiger partial charge on any atom is -0.380 e. The molecule has 102 valence electrons. The van der Waals surface area contributed by atoms with Gasteiger partial charge in [-0.3, -0.25) is 4.90 Å². The van der Waals surface area contributed by atoms with Crippen LogP contribution in [0.2, 0.25) is 0 Å². The quantitative estimate of drug-likeness (QED) is 0.873. The maximum absolute atomic E-state index is 3.72. The van der Waals surface area contributed by atoms with Crippen molar-refractivity contribution >= 4 is 5.69 Å². The fraction of sp³-hybridized carbons (Fsp3) is 0.647. The van der Waals surface area contributed by atoms with Gasteiger partial charge >= 0.3 is 0 Å². The number of hydrogen-bond donors (Lipinski definition) is 1. The molecule has 4 rings (SSSR count). The van der Waals surface area contributed by atoms with Gasteiger partial charge in [0.2, 0.25) is 0 Å². The number of para-hydroxylation sites is 1. The normalized spacial score (nSPS) is 33.8. The van der Waals surface area contributed by atoms with Crippen molar-refractivity contribution in [2.45, 2.75) is 50.6 Å². The Balaban J connectivity index is 1.41. The monoisotopic (exact) mass is 256 g/mol. The predicted octanol–water partition coefficient (Wildman–Crippen LogP) is 3.29. The fourth-order valence-electron chi connectivity index (χ4n) is 4.50. The molecule has 3 atom stereocenters. The Hall–Kier alpha value is -1.02. The summed E-state index contributed by atoms with van der Waals surface area (Å²) in [7, 11) is 0. The average molecular weight is 256 g/mol. The zero-order valence-corrected chi connectivity index (χ0v) is 11.6. The lowest BCUT2D eigenvalue weighted by atomic mass is 9.85. The zero-order valence-electron chi connectivity index (χ0n) is 11.6. The van der Waals surface area contributed by atoms with Crippen LogP contribution in [0.3, 0.4) is 0 Å². The van der Waals surface area contributed by atoms with Gasteiger partial charge in [-0.15, -0.1) is 0 Å². The molecule has 0 radical (unpaired) electrons. The van der Waals surface area contributed by atoms with Crippen molar-refractivity contribution in [3.05, 3.63) is 29.8 Å². The molecule has 1 aliphatic carbocycles. The first kappa shape index (κ1) is 11.8. The highest BCUT2D eigenvalue weighted by molar-refractivity contribution is 5.56. The third-order valence-electron chi connectivity index (χ3n) is 5.42. The molecule has 3 unspecified atom stereocenters. The van der Waals surface area contributed by atoms with E-state index in [4.69, 9.17) is 0 Å². The van der Waals surface area contributed by atoms with Crippen LogP contribution in [0, 0.1) is 5.92 Å². The molecule has 19 heavy (non-hydrogen) atoms. The highest BCUT2D eigenvalue weighted by Crippen LogP contribution is 2.37. The topological polar surface area (TPSA) is 15.3 Å². The molecule has 2 fully saturated rings. The van der Waals surface area contributed by atoms with Crippen molar-refractivity contribution in [3.8, 4) is 0 Å². The molecule has 1 saturated heterocycles. The van der Waals surface area contributed by atoms with Crippen LogP contribution in [0.15, 0.2) is 24.3 Å². The Bertz CT molecular complexity index is 431. The first-order valence-electron chi connectivity index (χ1n) is 7.98. The molecule has 2 heterocycles. The van der Waals surface area contributed by atoms with Gasteiger partial charge in [0.15, 0.2) is 0 Å². The summed E-state index contributed by atoms with van der Waals surface area (Å²) in [5.41, 5.74) is 2.87. The van der Waals surface area contributed by atoms with Crippen molar-refractivity contribution in [3.63, 3.8) is 0 Å². The average Bonchev–Trinajstić information content (AvgIpc) is 3.03. The molecule has 2 aliphatic heterocycles. The number of nitrogens with one attached hydrogen (secondary N) is 1. The Morgan fingerprint density at radius 3 is 2.95 bits per heavy atom. The predicted molar refractivity (Wildman–Crippen MR) is 79.5 cm³/mol. The molecule has 0 spiro atoms. The number of anilines is 1. The lowest BCUT2D eigenvalue weighted by Gasteiger charge is -2.33. The number of rotatable bonds is 2. The SMILES string of the molecule is c1ccc2c(c1)CC(CN1CCC3CCCCC31)N2. The van der Waals surface area contributed by atoms with E-state index < -0.39 is 0 Å². The molecule has 1 saturated carbocycles. The Kier molecular flexibility index (Phi) is 2.99. The van der Waals surface area contributed by atoms with Crippen molar-refractivity contribution in [1.29, 1.82) is 0 Å². The van der Waals surface area contributed by atoms with E-state index in [1.54, 1.807) is 0 Å². The standard InChI is InChI=1S/C17H24N2/c1-3-7-16-14(6-1)11-15(18-16)12-19-10-9-13-5-2-4-8-17(13)19/h1,3,6-7,13,15,17-18H,2,4-5,8-12H2. The van der Waals surface area contributed by atoms with E-state index in [1.807, 2.05) is 0 Å². The van der Waals surface area contributed by atoms with Crippen molar-refractivity contribution in [2.24, 2.45) is 5.92 Å². The van der Waals surface area contributed by atoms with Gasteiger partial charge < -0.3 is 5.32 Å². The summed E-state index contributed by atoms with van der Waals surface area (Å²) < 4.78 is 0. The summed E-state index contributed by atoms with van der Waals surface area (Å²) in [6, 6.07) is 10.3. The molecule has 1 aromatic rings. The molecule has 0 amide bonds. The highest BCUT2D eigenvalue weighted by atomic mass is 15.2. The van der Waals surface area contributed by atoms with Crippen LogP contribution >= 0.6 is 0 Å². The number of benzene rings is 1. The molecule has 2 heteroatoms. The van der Waals surface area contributed by atoms with Crippen LogP contribution < -0.4 is 5.32 Å². The number of fused-ring (bicyclic) bond motifs is 2. The van der Waals surface area contributed by atoms with Gasteiger partial charge in [-0.1, -0.05) is 31.0 Å². The second-order valence-electron chi connectivity index (χ2n) is 6.60. The van der Waals surface area contributed by atoms with Gasteiger partial charge in [-0.05, 0) is 49.8 Å². The Morgan fingerprint density at radius 2 is 2.00 bits per heavy atom. The Morgan fingerprint density at radius 1 is 1.11 bits per heavy atom. The molecular formula is C17H24N2. The van der Waals surface area contributed by atoms with Gasteiger partial charge in [0.1, 0.15) is 0 Å². The van der Waals surface area contributed by atoms with Gasteiger partial charge in [0, 0.05) is 24.3 Å². The number of hydrogen-bond acceptors (Lipinski definition) is 2. The summed E-state index contributed by atoms with van der Waals surface area (Å²) in [5, 5.41) is 3.72. The van der Waals surface area contributed by atoms with Crippen LogP contribution in [0.1, 0.15) is 37.7 Å². The molecule has 3 aliphatic rings. The summed E-state index contributed by atoms with van der Waals surface area (Å²) in [5.74, 6) is 1.01. The lowest BCUT2D eigenvalue weighted by molar-refractivity contribution is 0.177. The van der Waals surface area contributed by atoms with Crippen LogP contribution in [0.5, 0.6) is 0 Å². The first-order valence-corrected chi connectivity index (χ1v) is 7.98. The Labute approximate surface area is 116 Å². The van der Waals surface area contributed by atoms with E-state index in [0.717, 1.165) is 12.0 Å². The van der Waals surface area contributed by atoms with Crippen molar-refractivity contribution in [2.75, 3.05) is 18.4 Å². The third kappa shape index (κ3) is 2.16. The molecule has 1 aromatic carbocycles. The molecule has 2 nitrogen and oxygen atoms in total. The summed E-state index contributed by atoms with van der Waals surface area (Å²) in [6.45, 7) is 2.58. The van der Waals surface area contributed by atoms with Crippen LogP contribution in [0.4, 0.5) is 5.69 Å². The first-order chi connectivity index (χ1) is 9.40. The highest BCUT2D eigenvalue weighted by Gasteiger charge is 2.37. The van der Waals surface area contributed by atoms with Gasteiger partial charge in [-0.2, -0.15) is 0 Å². The van der Waals surface area contributed by atoms with Crippen LogP contribution in [-0.2, 0) is 6.42 Å². The maximum Gasteiger partial charge on any atom is 0.0429 e. The van der Waals surface area contributed by atoms with E-state index in [0.29, 0.717) is 6.04 Å². The minimum absolute atomic E-state index is 0.637. The van der Waals surface area contributed by atoms with E-state index in [1.165, 1.54) is 62.9 Å². The zero-order chi connectivity index (χ0) is 12.7. The van der Waals surface area contributed by atoms with Crippen LogP contribution in [0.25, 0.3) is 0 Å². The summed E-state index contributed by atoms with van der Waals surface area (Å²) in [6.07, 6.45) is 8.52. The smallest absolute Gasteiger partial charge is 0.0429 e. The van der Waals surface area contributed by atoms with Gasteiger partial charge in [0.05, 0.1) is 0 Å². The molecule has 0 aromatic heterocycles. The van der Waals surface area contributed by atoms with Gasteiger partial charge in [-0.25, -0.2) is 0 Å². The molecule has 1 N–H and O–H groups in total. The second kappa shape index (κ2) is 4.82. The minimum atomic E-state index is 0.637. The largest absolute Gasteiger partial charge is 0.380 e.